The lowest BCUT2D eigenvalue weighted by Gasteiger charge is -2.10. The van der Waals surface area contributed by atoms with Gasteiger partial charge in [0.2, 0.25) is 12.3 Å². The Morgan fingerprint density at radius 2 is 1.65 bits per heavy atom. The Bertz CT molecular complexity index is 1370. The van der Waals surface area contributed by atoms with Crippen LogP contribution in [0.2, 0.25) is 0 Å². The Hall–Kier alpha value is -4.39. The maximum atomic E-state index is 13.3. The summed E-state index contributed by atoms with van der Waals surface area (Å²) in [4.78, 5) is 17.6. The largest absolute Gasteiger partial charge is 0.423 e. The van der Waals surface area contributed by atoms with Crippen LogP contribution in [-0.4, -0.2) is 21.2 Å². The van der Waals surface area contributed by atoms with Crippen molar-refractivity contribution in [3.05, 3.63) is 96.6 Å². The third kappa shape index (κ3) is 3.76. The molecule has 0 saturated heterocycles. The third-order valence-corrected chi connectivity index (χ3v) is 4.75. The van der Waals surface area contributed by atoms with Gasteiger partial charge in [-0.2, -0.15) is 0 Å². The minimum Gasteiger partial charge on any atom is -0.423 e. The molecule has 31 heavy (non-hydrogen) atoms. The van der Waals surface area contributed by atoms with E-state index in [-0.39, 0.29) is 5.82 Å². The lowest BCUT2D eigenvalue weighted by Crippen LogP contribution is -2.10. The van der Waals surface area contributed by atoms with Crippen molar-refractivity contribution in [3.8, 4) is 28.5 Å². The fourth-order valence-corrected chi connectivity index (χ4v) is 3.24. The van der Waals surface area contributed by atoms with E-state index in [2.05, 4.69) is 15.2 Å². The Kier molecular flexibility index (Phi) is 4.68. The first-order valence-corrected chi connectivity index (χ1v) is 9.42. The van der Waals surface area contributed by atoms with E-state index in [1.165, 1.54) is 18.5 Å². The van der Waals surface area contributed by atoms with Gasteiger partial charge < -0.3 is 9.15 Å². The molecule has 0 unspecified atom stereocenters. The summed E-state index contributed by atoms with van der Waals surface area (Å²) in [5, 5.41) is 8.16. The van der Waals surface area contributed by atoms with Gasteiger partial charge in [0.25, 0.3) is 0 Å². The third-order valence-electron chi connectivity index (χ3n) is 4.75. The van der Waals surface area contributed by atoms with Crippen LogP contribution in [-0.2, 0) is 0 Å². The highest BCUT2D eigenvalue weighted by Gasteiger charge is 2.16. The van der Waals surface area contributed by atoms with Crippen molar-refractivity contribution in [3.63, 3.8) is 0 Å². The van der Waals surface area contributed by atoms with Crippen molar-refractivity contribution >= 4 is 16.9 Å². The number of carbonyl (C=O) groups excluding carboxylic acids is 1. The van der Waals surface area contributed by atoms with E-state index in [0.717, 1.165) is 0 Å². The van der Waals surface area contributed by atoms with Gasteiger partial charge in [-0.1, -0.05) is 18.2 Å². The summed E-state index contributed by atoms with van der Waals surface area (Å²) in [6.07, 6.45) is 1.25. The van der Waals surface area contributed by atoms with E-state index in [1.54, 1.807) is 42.5 Å². The van der Waals surface area contributed by atoms with Crippen LogP contribution in [0.4, 0.5) is 4.39 Å². The second-order valence-electron chi connectivity index (χ2n) is 6.74. The molecule has 0 atom stereocenters. The number of rotatable bonds is 4. The molecule has 5 rings (SSSR count). The number of nitrogens with zero attached hydrogens (tertiary/aromatic N) is 3. The average molecular weight is 411 g/mol. The lowest BCUT2D eigenvalue weighted by atomic mass is 10.0. The Balaban J connectivity index is 1.49. The predicted molar refractivity (Wildman–Crippen MR) is 112 cm³/mol. The van der Waals surface area contributed by atoms with Crippen molar-refractivity contribution in [1.82, 2.24) is 15.2 Å². The number of fused-ring (bicyclic) bond motifs is 1. The highest BCUT2D eigenvalue weighted by Crippen LogP contribution is 2.27. The van der Waals surface area contributed by atoms with E-state index in [4.69, 9.17) is 9.15 Å². The summed E-state index contributed by atoms with van der Waals surface area (Å²) in [6, 6.07) is 21.7. The molecule has 0 fully saturated rings. The average Bonchev–Trinajstić information content (AvgIpc) is 3.34. The first-order chi connectivity index (χ1) is 15.2. The zero-order valence-electron chi connectivity index (χ0n) is 16.0. The lowest BCUT2D eigenvalue weighted by molar-refractivity contribution is 0.0737. The standard InChI is InChI=1S/C24H14FN3O3/c25-17-9-5-15(6-10-17)22-13-20(19-3-1-2-4-21(19)27-22)24(29)31-18-11-7-16(8-12-18)23-28-26-14-30-23/h1-14H. The molecule has 6 nitrogen and oxygen atoms in total. The SMILES string of the molecule is O=C(Oc1ccc(-c2nnco2)cc1)c1cc(-c2ccc(F)cc2)nc2ccccc12. The van der Waals surface area contributed by atoms with Crippen molar-refractivity contribution in [2.45, 2.75) is 0 Å². The molecule has 3 aromatic carbocycles. The predicted octanol–water partition coefficient (Wildman–Crippen LogP) is 5.31. The summed E-state index contributed by atoms with van der Waals surface area (Å²) in [6.45, 7) is 0. The fourth-order valence-electron chi connectivity index (χ4n) is 3.24. The summed E-state index contributed by atoms with van der Waals surface area (Å²) < 4.78 is 24.1. The molecule has 5 aromatic rings. The van der Waals surface area contributed by atoms with Crippen LogP contribution in [0.1, 0.15) is 10.4 Å². The molecule has 150 valence electrons. The van der Waals surface area contributed by atoms with E-state index in [0.29, 0.717) is 44.9 Å². The monoisotopic (exact) mass is 411 g/mol. The van der Waals surface area contributed by atoms with Crippen LogP contribution < -0.4 is 4.74 Å². The van der Waals surface area contributed by atoms with Gasteiger partial charge in [-0.15, -0.1) is 10.2 Å². The molecule has 0 saturated carbocycles. The molecule has 0 N–H and O–H groups in total. The molecule has 0 amide bonds. The highest BCUT2D eigenvalue weighted by molar-refractivity contribution is 6.05. The molecule has 0 aliphatic rings. The first kappa shape index (κ1) is 18.6. The maximum Gasteiger partial charge on any atom is 0.344 e. The van der Waals surface area contributed by atoms with Gasteiger partial charge in [0.05, 0.1) is 16.8 Å². The second kappa shape index (κ2) is 7.79. The summed E-state index contributed by atoms with van der Waals surface area (Å²) in [5.41, 5.74) is 2.97. The summed E-state index contributed by atoms with van der Waals surface area (Å²) in [7, 11) is 0. The van der Waals surface area contributed by atoms with E-state index >= 15 is 0 Å². The number of para-hydroxylation sites is 1. The van der Waals surface area contributed by atoms with Crippen LogP contribution in [0.5, 0.6) is 5.75 Å². The van der Waals surface area contributed by atoms with Crippen LogP contribution >= 0.6 is 0 Å². The normalized spacial score (nSPS) is 10.9. The maximum absolute atomic E-state index is 13.3. The summed E-state index contributed by atoms with van der Waals surface area (Å²) in [5.74, 6) is -0.111. The molecule has 0 aliphatic carbocycles. The molecule has 0 spiro atoms. The number of halogens is 1. The van der Waals surface area contributed by atoms with E-state index in [9.17, 15) is 9.18 Å². The molecule has 0 radical (unpaired) electrons. The molecule has 0 aliphatic heterocycles. The van der Waals surface area contributed by atoms with Crippen LogP contribution in [0.25, 0.3) is 33.6 Å². The van der Waals surface area contributed by atoms with Gasteiger partial charge in [0.1, 0.15) is 11.6 Å². The number of hydrogen-bond acceptors (Lipinski definition) is 6. The van der Waals surface area contributed by atoms with Crippen LogP contribution in [0.3, 0.4) is 0 Å². The Morgan fingerprint density at radius 1 is 0.903 bits per heavy atom. The molecular weight excluding hydrogens is 397 g/mol. The van der Waals surface area contributed by atoms with Gasteiger partial charge in [-0.05, 0) is 60.7 Å². The van der Waals surface area contributed by atoms with Gasteiger partial charge in [-0.25, -0.2) is 14.2 Å². The van der Waals surface area contributed by atoms with E-state index in [1.807, 2.05) is 24.3 Å². The van der Waals surface area contributed by atoms with Gasteiger partial charge in [-0.3, -0.25) is 0 Å². The van der Waals surface area contributed by atoms with Crippen molar-refractivity contribution in [2.24, 2.45) is 0 Å². The van der Waals surface area contributed by atoms with Gasteiger partial charge >= 0.3 is 5.97 Å². The van der Waals surface area contributed by atoms with Crippen molar-refractivity contribution in [1.29, 1.82) is 0 Å². The Morgan fingerprint density at radius 3 is 2.39 bits per heavy atom. The number of carbonyl (C=O) groups is 1. The molecule has 2 aromatic heterocycles. The zero-order valence-corrected chi connectivity index (χ0v) is 16.0. The number of benzene rings is 3. The van der Waals surface area contributed by atoms with Crippen LogP contribution in [0.15, 0.2) is 89.7 Å². The topological polar surface area (TPSA) is 78.1 Å². The van der Waals surface area contributed by atoms with Crippen molar-refractivity contribution < 1.29 is 18.3 Å². The van der Waals surface area contributed by atoms with Crippen molar-refractivity contribution in [2.75, 3.05) is 0 Å². The van der Waals surface area contributed by atoms with Crippen LogP contribution in [0, 0.1) is 5.82 Å². The Labute approximate surface area is 176 Å². The number of ether oxygens (including phenoxy) is 1. The summed E-state index contributed by atoms with van der Waals surface area (Å²) >= 11 is 0. The van der Waals surface area contributed by atoms with E-state index < -0.39 is 5.97 Å². The first-order valence-electron chi connectivity index (χ1n) is 9.42. The number of aromatic nitrogens is 3. The molecule has 0 bridgehead atoms. The molecule has 7 heteroatoms. The smallest absolute Gasteiger partial charge is 0.344 e. The second-order valence-corrected chi connectivity index (χ2v) is 6.74. The molecule has 2 heterocycles. The minimum absolute atomic E-state index is 0.340. The number of hydrogen-bond donors (Lipinski definition) is 0. The highest BCUT2D eigenvalue weighted by atomic mass is 19.1. The quantitative estimate of drug-likeness (QED) is 0.295. The number of pyridine rings is 1. The molecular formula is C24H14FN3O3. The fraction of sp³-hybridized carbons (Fsp3) is 0. The van der Waals surface area contributed by atoms with Gasteiger partial charge in [0.15, 0.2) is 0 Å². The minimum atomic E-state index is -0.521. The number of esters is 1. The zero-order chi connectivity index (χ0) is 21.2. The van der Waals surface area contributed by atoms with Gasteiger partial charge in [0, 0.05) is 16.5 Å².